The molecule has 3 N–H and O–H groups in total. The van der Waals surface area contributed by atoms with E-state index >= 15 is 0 Å². The van der Waals surface area contributed by atoms with Crippen molar-refractivity contribution >= 4 is 11.7 Å². The fourth-order valence-electron chi connectivity index (χ4n) is 2.35. The summed E-state index contributed by atoms with van der Waals surface area (Å²) in [6, 6.07) is 4.40. The number of amides is 1. The first-order chi connectivity index (χ1) is 8.16. The third kappa shape index (κ3) is 2.96. The van der Waals surface area contributed by atoms with Crippen LogP contribution in [-0.4, -0.2) is 16.9 Å². The minimum Gasteiger partial charge on any atom is -0.369 e. The lowest BCUT2D eigenvalue weighted by atomic mass is 9.85. The Kier molecular flexibility index (Phi) is 3.61. The molecule has 1 heterocycles. The lowest BCUT2D eigenvalue weighted by molar-refractivity contribution is -0.122. The Labute approximate surface area is 102 Å². The predicted octanol–water partition coefficient (Wildman–Crippen LogP) is 1.85. The molecule has 2 rings (SSSR count). The molecule has 0 bridgehead atoms. The summed E-state index contributed by atoms with van der Waals surface area (Å²) in [5.41, 5.74) is 6.47. The Morgan fingerprint density at radius 3 is 2.71 bits per heavy atom. The van der Waals surface area contributed by atoms with Gasteiger partial charge in [0.25, 0.3) is 0 Å². The van der Waals surface area contributed by atoms with Gasteiger partial charge in [0, 0.05) is 18.2 Å². The standard InChI is InChI=1S/C13H19N3O/c1-9-3-2-8-15-13(9)16-11-6-4-10(5-7-11)12(14)17/h2-3,8,10-11H,4-7H2,1H3,(H2,14,17)(H,15,16). The van der Waals surface area contributed by atoms with Crippen LogP contribution in [0.15, 0.2) is 18.3 Å². The molecule has 0 atom stereocenters. The number of carbonyl (C=O) groups excluding carboxylic acids is 1. The highest BCUT2D eigenvalue weighted by Gasteiger charge is 2.24. The van der Waals surface area contributed by atoms with Crippen LogP contribution in [-0.2, 0) is 4.79 Å². The molecule has 0 spiro atoms. The largest absolute Gasteiger partial charge is 0.369 e. The van der Waals surface area contributed by atoms with E-state index in [1.807, 2.05) is 19.1 Å². The molecule has 0 unspecified atom stereocenters. The van der Waals surface area contributed by atoms with Crippen LogP contribution in [0.1, 0.15) is 31.2 Å². The number of pyridine rings is 1. The van der Waals surface area contributed by atoms with Gasteiger partial charge in [0.2, 0.25) is 5.91 Å². The molecule has 1 saturated carbocycles. The average Bonchev–Trinajstić information content (AvgIpc) is 2.33. The van der Waals surface area contributed by atoms with E-state index in [0.717, 1.165) is 37.1 Å². The van der Waals surface area contributed by atoms with Gasteiger partial charge in [-0.25, -0.2) is 4.98 Å². The minimum absolute atomic E-state index is 0.0675. The van der Waals surface area contributed by atoms with E-state index in [1.165, 1.54) is 0 Å². The van der Waals surface area contributed by atoms with E-state index in [4.69, 9.17) is 5.73 Å². The predicted molar refractivity (Wildman–Crippen MR) is 67.5 cm³/mol. The molecule has 4 nitrogen and oxygen atoms in total. The summed E-state index contributed by atoms with van der Waals surface area (Å²) < 4.78 is 0. The van der Waals surface area contributed by atoms with Crippen LogP contribution >= 0.6 is 0 Å². The molecule has 0 aromatic carbocycles. The van der Waals surface area contributed by atoms with E-state index < -0.39 is 0 Å². The van der Waals surface area contributed by atoms with E-state index in [-0.39, 0.29) is 11.8 Å². The van der Waals surface area contributed by atoms with E-state index in [9.17, 15) is 4.79 Å². The van der Waals surface area contributed by atoms with Crippen LogP contribution in [0.25, 0.3) is 0 Å². The molecule has 92 valence electrons. The number of aryl methyl sites for hydroxylation is 1. The molecule has 1 aromatic rings. The maximum Gasteiger partial charge on any atom is 0.220 e. The third-order valence-corrected chi connectivity index (χ3v) is 3.48. The van der Waals surface area contributed by atoms with Gasteiger partial charge in [-0.05, 0) is 44.2 Å². The van der Waals surface area contributed by atoms with Crippen molar-refractivity contribution in [1.29, 1.82) is 0 Å². The molecule has 1 aliphatic rings. The SMILES string of the molecule is Cc1cccnc1NC1CCC(C(N)=O)CC1. The molecule has 0 radical (unpaired) electrons. The zero-order chi connectivity index (χ0) is 12.3. The number of rotatable bonds is 3. The van der Waals surface area contributed by atoms with Crippen molar-refractivity contribution in [3.8, 4) is 0 Å². The van der Waals surface area contributed by atoms with Crippen LogP contribution in [0.5, 0.6) is 0 Å². The summed E-state index contributed by atoms with van der Waals surface area (Å²) in [6.07, 6.45) is 5.55. The molecule has 4 heteroatoms. The van der Waals surface area contributed by atoms with Gasteiger partial charge >= 0.3 is 0 Å². The van der Waals surface area contributed by atoms with E-state index in [1.54, 1.807) is 6.20 Å². The van der Waals surface area contributed by atoms with E-state index in [0.29, 0.717) is 6.04 Å². The molecule has 1 fully saturated rings. The maximum atomic E-state index is 11.1. The van der Waals surface area contributed by atoms with Crippen molar-refractivity contribution in [2.75, 3.05) is 5.32 Å². The molecular weight excluding hydrogens is 214 g/mol. The Morgan fingerprint density at radius 1 is 1.41 bits per heavy atom. The molecule has 0 saturated heterocycles. The second-order valence-corrected chi connectivity index (χ2v) is 4.76. The average molecular weight is 233 g/mol. The summed E-state index contributed by atoms with van der Waals surface area (Å²) in [5, 5.41) is 3.45. The number of nitrogens with two attached hydrogens (primary N) is 1. The fourth-order valence-corrected chi connectivity index (χ4v) is 2.35. The van der Waals surface area contributed by atoms with Crippen molar-refractivity contribution in [2.24, 2.45) is 11.7 Å². The summed E-state index contributed by atoms with van der Waals surface area (Å²) in [4.78, 5) is 15.4. The number of carbonyl (C=O) groups is 1. The zero-order valence-electron chi connectivity index (χ0n) is 10.1. The van der Waals surface area contributed by atoms with Gasteiger partial charge in [0.1, 0.15) is 5.82 Å². The highest BCUT2D eigenvalue weighted by Crippen LogP contribution is 2.26. The van der Waals surface area contributed by atoms with Gasteiger partial charge in [-0.2, -0.15) is 0 Å². The highest BCUT2D eigenvalue weighted by molar-refractivity contribution is 5.76. The molecule has 0 aliphatic heterocycles. The number of hydrogen-bond donors (Lipinski definition) is 2. The first kappa shape index (κ1) is 11.9. The fraction of sp³-hybridized carbons (Fsp3) is 0.538. The van der Waals surface area contributed by atoms with Gasteiger partial charge in [0.15, 0.2) is 0 Å². The molecule has 1 aliphatic carbocycles. The number of nitrogens with zero attached hydrogens (tertiary/aromatic N) is 1. The lowest BCUT2D eigenvalue weighted by Crippen LogP contribution is -2.32. The summed E-state index contributed by atoms with van der Waals surface area (Å²) in [7, 11) is 0. The summed E-state index contributed by atoms with van der Waals surface area (Å²) in [5.74, 6) is 0.866. The topological polar surface area (TPSA) is 68.0 Å². The Morgan fingerprint density at radius 2 is 2.12 bits per heavy atom. The second kappa shape index (κ2) is 5.17. The van der Waals surface area contributed by atoms with Crippen LogP contribution in [0.2, 0.25) is 0 Å². The Balaban J connectivity index is 1.90. The number of hydrogen-bond acceptors (Lipinski definition) is 3. The quantitative estimate of drug-likeness (QED) is 0.837. The number of anilines is 1. The van der Waals surface area contributed by atoms with Gasteiger partial charge in [-0.3, -0.25) is 4.79 Å². The van der Waals surface area contributed by atoms with Crippen LogP contribution in [0.3, 0.4) is 0 Å². The smallest absolute Gasteiger partial charge is 0.220 e. The zero-order valence-corrected chi connectivity index (χ0v) is 10.1. The van der Waals surface area contributed by atoms with Gasteiger partial charge in [-0.1, -0.05) is 6.07 Å². The molecule has 1 amide bonds. The maximum absolute atomic E-state index is 11.1. The minimum atomic E-state index is -0.155. The number of nitrogens with one attached hydrogen (secondary N) is 1. The number of aromatic nitrogens is 1. The van der Waals surface area contributed by atoms with Crippen molar-refractivity contribution < 1.29 is 4.79 Å². The van der Waals surface area contributed by atoms with Crippen molar-refractivity contribution in [2.45, 2.75) is 38.6 Å². The number of primary amides is 1. The second-order valence-electron chi connectivity index (χ2n) is 4.76. The van der Waals surface area contributed by atoms with Gasteiger partial charge in [-0.15, -0.1) is 0 Å². The highest BCUT2D eigenvalue weighted by atomic mass is 16.1. The molecular formula is C13H19N3O. The Hall–Kier alpha value is -1.58. The summed E-state index contributed by atoms with van der Waals surface area (Å²) in [6.45, 7) is 2.05. The van der Waals surface area contributed by atoms with E-state index in [2.05, 4.69) is 10.3 Å². The van der Waals surface area contributed by atoms with Gasteiger partial charge < -0.3 is 11.1 Å². The van der Waals surface area contributed by atoms with Crippen molar-refractivity contribution in [3.63, 3.8) is 0 Å². The monoisotopic (exact) mass is 233 g/mol. The molecule has 17 heavy (non-hydrogen) atoms. The first-order valence-electron chi connectivity index (χ1n) is 6.14. The first-order valence-corrected chi connectivity index (χ1v) is 6.14. The van der Waals surface area contributed by atoms with Gasteiger partial charge in [0.05, 0.1) is 0 Å². The molecule has 1 aromatic heterocycles. The summed E-state index contributed by atoms with van der Waals surface area (Å²) >= 11 is 0. The van der Waals surface area contributed by atoms with Crippen molar-refractivity contribution in [1.82, 2.24) is 4.98 Å². The third-order valence-electron chi connectivity index (χ3n) is 3.48. The Bertz CT molecular complexity index is 397. The van der Waals surface area contributed by atoms with Crippen LogP contribution < -0.4 is 11.1 Å². The normalized spacial score (nSPS) is 24.3. The van der Waals surface area contributed by atoms with Crippen molar-refractivity contribution in [3.05, 3.63) is 23.9 Å². The van der Waals surface area contributed by atoms with Crippen LogP contribution in [0.4, 0.5) is 5.82 Å². The lowest BCUT2D eigenvalue weighted by Gasteiger charge is -2.28. The van der Waals surface area contributed by atoms with Crippen LogP contribution in [0, 0.1) is 12.8 Å².